The second kappa shape index (κ2) is 6.78. The Morgan fingerprint density at radius 3 is 2.85 bits per heavy atom. The molecule has 0 saturated carbocycles. The van der Waals surface area contributed by atoms with Crippen LogP contribution in [0.15, 0.2) is 30.3 Å². The molecule has 7 heteroatoms. The van der Waals surface area contributed by atoms with Gasteiger partial charge in [-0.05, 0) is 35.2 Å². The van der Waals surface area contributed by atoms with Gasteiger partial charge in [-0.25, -0.2) is 0 Å². The van der Waals surface area contributed by atoms with Crippen LogP contribution in [0.5, 0.6) is 5.75 Å². The van der Waals surface area contributed by atoms with E-state index in [1.54, 1.807) is 17.0 Å². The Bertz CT molecular complexity index is 1030. The van der Waals surface area contributed by atoms with Crippen molar-refractivity contribution in [1.29, 1.82) is 0 Å². The fourth-order valence-electron chi connectivity index (χ4n) is 3.34. The summed E-state index contributed by atoms with van der Waals surface area (Å²) in [5.74, 6) is 0.882. The van der Waals surface area contributed by atoms with E-state index in [1.807, 2.05) is 18.2 Å². The number of carbonyl (C=O) groups is 1. The maximum Gasteiger partial charge on any atom is 0.258 e. The molecule has 0 radical (unpaired) electrons. The molecule has 0 unspecified atom stereocenters. The first-order valence-corrected chi connectivity index (χ1v) is 9.31. The second-order valence-corrected chi connectivity index (χ2v) is 7.77. The fourth-order valence-corrected chi connectivity index (χ4v) is 3.53. The van der Waals surface area contributed by atoms with E-state index >= 15 is 0 Å². The van der Waals surface area contributed by atoms with Crippen molar-refractivity contribution in [2.45, 2.75) is 26.9 Å². The highest BCUT2D eigenvalue weighted by Gasteiger charge is 2.27. The summed E-state index contributed by atoms with van der Waals surface area (Å²) in [6, 6.07) is 8.91. The molecule has 0 spiro atoms. The van der Waals surface area contributed by atoms with Gasteiger partial charge in [-0.3, -0.25) is 9.89 Å². The Hall–Kier alpha value is -2.73. The quantitative estimate of drug-likeness (QED) is 0.631. The lowest BCUT2D eigenvalue weighted by Crippen LogP contribution is -2.25. The number of aromatic nitrogens is 2. The van der Waals surface area contributed by atoms with Crippen LogP contribution in [0.4, 0.5) is 5.82 Å². The highest BCUT2D eigenvalue weighted by atomic mass is 35.5. The predicted molar refractivity (Wildman–Crippen MR) is 106 cm³/mol. The maximum absolute atomic E-state index is 13.0. The minimum Gasteiger partial charge on any atom is -0.507 e. The molecule has 0 fully saturated rings. The summed E-state index contributed by atoms with van der Waals surface area (Å²) in [6.45, 7) is 5.98. The topological polar surface area (TPSA) is 81.2 Å². The van der Waals surface area contributed by atoms with Gasteiger partial charge in [0.25, 0.3) is 5.91 Å². The number of fused-ring (bicyclic) bond motifs is 2. The van der Waals surface area contributed by atoms with E-state index < -0.39 is 0 Å². The molecule has 0 bridgehead atoms. The standard InChI is InChI=1S/C20H21ClN4O2/c1-11(2)8-22-19-15-6-16(18(26)7-17(15)23-24-19)20(27)25-9-12-3-4-14(21)5-13(12)10-25/h3-7,11,26H,8-10H2,1-2H3,(H2,22,23,24). The second-order valence-electron chi connectivity index (χ2n) is 7.34. The minimum absolute atomic E-state index is 0.0550. The monoisotopic (exact) mass is 384 g/mol. The number of benzene rings is 2. The molecule has 1 aliphatic rings. The Balaban J connectivity index is 1.64. The molecule has 140 valence electrons. The van der Waals surface area contributed by atoms with Gasteiger partial charge in [0.1, 0.15) is 5.75 Å². The molecule has 27 heavy (non-hydrogen) atoms. The van der Waals surface area contributed by atoms with Gasteiger partial charge in [0.15, 0.2) is 5.82 Å². The third-order valence-electron chi connectivity index (χ3n) is 4.77. The average molecular weight is 385 g/mol. The van der Waals surface area contributed by atoms with E-state index in [0.29, 0.717) is 35.4 Å². The van der Waals surface area contributed by atoms with Crippen molar-refractivity contribution in [3.05, 3.63) is 52.0 Å². The van der Waals surface area contributed by atoms with Crippen molar-refractivity contribution in [2.24, 2.45) is 5.92 Å². The number of phenols is 1. The van der Waals surface area contributed by atoms with E-state index in [9.17, 15) is 9.90 Å². The lowest BCUT2D eigenvalue weighted by molar-refractivity contribution is 0.0748. The molecule has 3 N–H and O–H groups in total. The molecule has 4 rings (SSSR count). The molecule has 2 heterocycles. The van der Waals surface area contributed by atoms with Gasteiger partial charge >= 0.3 is 0 Å². The highest BCUT2D eigenvalue weighted by molar-refractivity contribution is 6.30. The molecule has 6 nitrogen and oxygen atoms in total. The molecule has 0 saturated heterocycles. The number of nitrogens with one attached hydrogen (secondary N) is 2. The Morgan fingerprint density at radius 1 is 1.30 bits per heavy atom. The van der Waals surface area contributed by atoms with Crippen molar-refractivity contribution in [1.82, 2.24) is 15.1 Å². The van der Waals surface area contributed by atoms with Crippen molar-refractivity contribution >= 4 is 34.2 Å². The van der Waals surface area contributed by atoms with Gasteiger partial charge in [0, 0.05) is 36.1 Å². The number of aromatic hydroxyl groups is 1. The molecule has 1 aliphatic heterocycles. The summed E-state index contributed by atoms with van der Waals surface area (Å²) in [4.78, 5) is 14.8. The SMILES string of the molecule is CC(C)CNc1n[nH]c2cc(O)c(C(=O)N3Cc4ccc(Cl)cc4C3)cc12. The molecule has 3 aromatic rings. The third kappa shape index (κ3) is 3.32. The number of H-pyrrole nitrogens is 1. The van der Waals surface area contributed by atoms with E-state index in [2.05, 4.69) is 29.4 Å². The summed E-state index contributed by atoms with van der Waals surface area (Å²) in [5.41, 5.74) is 3.08. The number of carbonyl (C=O) groups excluding carboxylic acids is 1. The highest BCUT2D eigenvalue weighted by Crippen LogP contribution is 2.32. The zero-order valence-electron chi connectivity index (χ0n) is 15.2. The number of amides is 1. The summed E-state index contributed by atoms with van der Waals surface area (Å²) in [5, 5.41) is 22.3. The number of aromatic amines is 1. The van der Waals surface area contributed by atoms with Crippen molar-refractivity contribution in [3.63, 3.8) is 0 Å². The van der Waals surface area contributed by atoms with Crippen LogP contribution in [0, 0.1) is 5.92 Å². The first-order valence-electron chi connectivity index (χ1n) is 8.94. The van der Waals surface area contributed by atoms with E-state index in [0.717, 1.165) is 23.1 Å². The first-order chi connectivity index (χ1) is 12.9. The van der Waals surface area contributed by atoms with Crippen LogP contribution in [-0.4, -0.2) is 32.7 Å². The van der Waals surface area contributed by atoms with Crippen LogP contribution < -0.4 is 5.32 Å². The summed E-state index contributed by atoms with van der Waals surface area (Å²) < 4.78 is 0. The van der Waals surface area contributed by atoms with Crippen molar-refractivity contribution in [3.8, 4) is 5.75 Å². The van der Waals surface area contributed by atoms with Crippen LogP contribution >= 0.6 is 11.6 Å². The Labute approximate surface area is 162 Å². The number of hydrogen-bond donors (Lipinski definition) is 3. The average Bonchev–Trinajstić information content (AvgIpc) is 3.21. The Morgan fingerprint density at radius 2 is 2.07 bits per heavy atom. The number of phenolic OH excluding ortho intramolecular Hbond substituents is 1. The van der Waals surface area contributed by atoms with Crippen molar-refractivity contribution in [2.75, 3.05) is 11.9 Å². The summed E-state index contributed by atoms with van der Waals surface area (Å²) in [7, 11) is 0. The third-order valence-corrected chi connectivity index (χ3v) is 5.00. The molecule has 1 amide bonds. The van der Waals surface area contributed by atoms with E-state index in [4.69, 9.17) is 11.6 Å². The van der Waals surface area contributed by atoms with Crippen LogP contribution in [0.1, 0.15) is 35.3 Å². The minimum atomic E-state index is -0.210. The van der Waals surface area contributed by atoms with E-state index in [1.165, 1.54) is 0 Å². The maximum atomic E-state index is 13.0. The van der Waals surface area contributed by atoms with Gasteiger partial charge in [0.2, 0.25) is 0 Å². The molecule has 2 aromatic carbocycles. The van der Waals surface area contributed by atoms with Gasteiger partial charge in [0.05, 0.1) is 11.1 Å². The Kier molecular flexibility index (Phi) is 4.44. The lowest BCUT2D eigenvalue weighted by atomic mass is 10.1. The summed E-state index contributed by atoms with van der Waals surface area (Å²) >= 11 is 6.05. The zero-order valence-corrected chi connectivity index (χ0v) is 16.0. The van der Waals surface area contributed by atoms with Crippen LogP contribution in [0.2, 0.25) is 5.02 Å². The zero-order chi connectivity index (χ0) is 19.1. The van der Waals surface area contributed by atoms with Crippen LogP contribution in [0.25, 0.3) is 10.9 Å². The normalized spacial score (nSPS) is 13.4. The number of hydrogen-bond acceptors (Lipinski definition) is 4. The molecule has 0 aliphatic carbocycles. The molecular formula is C20H21ClN4O2. The largest absolute Gasteiger partial charge is 0.507 e. The smallest absolute Gasteiger partial charge is 0.258 e. The first kappa shape index (κ1) is 17.7. The predicted octanol–water partition coefficient (Wildman–Crippen LogP) is 4.15. The number of anilines is 1. The van der Waals surface area contributed by atoms with Crippen LogP contribution in [-0.2, 0) is 13.1 Å². The number of rotatable bonds is 4. The van der Waals surface area contributed by atoms with Crippen LogP contribution in [0.3, 0.4) is 0 Å². The van der Waals surface area contributed by atoms with Gasteiger partial charge in [-0.2, -0.15) is 5.10 Å². The molecule has 1 aromatic heterocycles. The van der Waals surface area contributed by atoms with Gasteiger partial charge in [-0.1, -0.05) is 31.5 Å². The molecular weight excluding hydrogens is 364 g/mol. The lowest BCUT2D eigenvalue weighted by Gasteiger charge is -2.16. The van der Waals surface area contributed by atoms with Gasteiger partial charge < -0.3 is 15.3 Å². The fraction of sp³-hybridized carbons (Fsp3) is 0.300. The molecule has 0 atom stereocenters. The van der Waals surface area contributed by atoms with Crippen molar-refractivity contribution < 1.29 is 9.90 Å². The van der Waals surface area contributed by atoms with E-state index in [-0.39, 0.29) is 17.2 Å². The summed E-state index contributed by atoms with van der Waals surface area (Å²) in [6.07, 6.45) is 0. The number of nitrogens with zero attached hydrogens (tertiary/aromatic N) is 2. The van der Waals surface area contributed by atoms with Gasteiger partial charge in [-0.15, -0.1) is 0 Å². The number of halogens is 1.